The van der Waals surface area contributed by atoms with Crippen molar-refractivity contribution in [3.63, 3.8) is 0 Å². The van der Waals surface area contributed by atoms with Crippen molar-refractivity contribution in [2.45, 2.75) is 13.8 Å². The molecule has 0 unspecified atom stereocenters. The molecule has 0 radical (unpaired) electrons. The SMILES string of the molecule is CCOP(=S)(OCC)Oc1nocc1Cl. The van der Waals surface area contributed by atoms with Gasteiger partial charge in [-0.15, -0.1) is 0 Å². The highest BCUT2D eigenvalue weighted by Gasteiger charge is 2.24. The van der Waals surface area contributed by atoms with Gasteiger partial charge >= 0.3 is 6.72 Å². The van der Waals surface area contributed by atoms with Gasteiger partial charge in [-0.05, 0) is 19.0 Å². The van der Waals surface area contributed by atoms with Crippen LogP contribution in [-0.2, 0) is 20.9 Å². The molecule has 0 bridgehead atoms. The van der Waals surface area contributed by atoms with Crippen molar-refractivity contribution in [3.8, 4) is 5.88 Å². The monoisotopic (exact) mass is 271 g/mol. The van der Waals surface area contributed by atoms with Crippen LogP contribution in [0.25, 0.3) is 0 Å². The molecule has 0 saturated carbocycles. The van der Waals surface area contributed by atoms with Gasteiger partial charge < -0.3 is 9.05 Å². The third kappa shape index (κ3) is 3.74. The first-order valence-corrected chi connectivity index (χ1v) is 7.23. The molecule has 0 aliphatic rings. The van der Waals surface area contributed by atoms with Crippen molar-refractivity contribution >= 4 is 30.1 Å². The summed E-state index contributed by atoms with van der Waals surface area (Å²) < 4.78 is 20.4. The largest absolute Gasteiger partial charge is 0.401 e. The lowest BCUT2D eigenvalue weighted by molar-refractivity contribution is 0.213. The van der Waals surface area contributed by atoms with Gasteiger partial charge in [-0.3, -0.25) is 9.05 Å². The smallest absolute Gasteiger partial charge is 0.381 e. The Labute approximate surface area is 97.9 Å². The van der Waals surface area contributed by atoms with Crippen LogP contribution < -0.4 is 4.52 Å². The third-order valence-corrected chi connectivity index (χ3v) is 3.92. The Balaban J connectivity index is 2.75. The summed E-state index contributed by atoms with van der Waals surface area (Å²) in [5.74, 6) is 0.0990. The molecule has 15 heavy (non-hydrogen) atoms. The molecule has 1 aromatic rings. The van der Waals surface area contributed by atoms with E-state index in [9.17, 15) is 0 Å². The van der Waals surface area contributed by atoms with E-state index in [4.69, 9.17) is 37.0 Å². The van der Waals surface area contributed by atoms with Gasteiger partial charge in [0.25, 0.3) is 5.88 Å². The minimum Gasteiger partial charge on any atom is -0.401 e. The van der Waals surface area contributed by atoms with Gasteiger partial charge in [-0.1, -0.05) is 11.6 Å². The zero-order valence-corrected chi connectivity index (χ0v) is 10.8. The van der Waals surface area contributed by atoms with Gasteiger partial charge in [0.05, 0.1) is 13.2 Å². The van der Waals surface area contributed by atoms with Crippen LogP contribution in [-0.4, -0.2) is 18.4 Å². The van der Waals surface area contributed by atoms with Crippen LogP contribution >= 0.6 is 18.3 Å². The van der Waals surface area contributed by atoms with E-state index < -0.39 is 6.72 Å². The lowest BCUT2D eigenvalue weighted by atomic mass is 10.7. The summed E-state index contributed by atoms with van der Waals surface area (Å²) in [5, 5.41) is 3.78. The highest BCUT2D eigenvalue weighted by atomic mass is 35.5. The van der Waals surface area contributed by atoms with Crippen molar-refractivity contribution in [3.05, 3.63) is 11.3 Å². The first-order chi connectivity index (χ1) is 7.11. The highest BCUT2D eigenvalue weighted by Crippen LogP contribution is 2.50. The van der Waals surface area contributed by atoms with E-state index in [0.717, 1.165) is 0 Å². The molecule has 5 nitrogen and oxygen atoms in total. The van der Waals surface area contributed by atoms with E-state index in [-0.39, 0.29) is 10.9 Å². The fourth-order valence-electron chi connectivity index (χ4n) is 0.787. The molecule has 1 rings (SSSR count). The van der Waals surface area contributed by atoms with Crippen molar-refractivity contribution in [2.75, 3.05) is 13.2 Å². The fourth-order valence-corrected chi connectivity index (χ4v) is 2.95. The summed E-state index contributed by atoms with van der Waals surface area (Å²) in [5.41, 5.74) is 0. The molecule has 8 heteroatoms. The fraction of sp³-hybridized carbons (Fsp3) is 0.571. The second-order valence-corrected chi connectivity index (χ2v) is 5.68. The molecule has 0 spiro atoms. The van der Waals surface area contributed by atoms with Gasteiger partial charge in [-0.25, -0.2) is 0 Å². The number of nitrogens with zero attached hydrogens (tertiary/aromatic N) is 1. The molecule has 1 heterocycles. The van der Waals surface area contributed by atoms with E-state index in [0.29, 0.717) is 13.2 Å². The number of hydrogen-bond acceptors (Lipinski definition) is 6. The van der Waals surface area contributed by atoms with Crippen LogP contribution in [0, 0.1) is 0 Å². The van der Waals surface area contributed by atoms with Crippen molar-refractivity contribution in [1.29, 1.82) is 0 Å². The standard InChI is InChI=1S/C7H11ClNO4PS/c1-3-11-14(15,12-4-2)13-7-6(8)5-10-9-7/h5H,3-4H2,1-2H3. The maximum Gasteiger partial charge on any atom is 0.381 e. The topological polar surface area (TPSA) is 53.7 Å². The summed E-state index contributed by atoms with van der Waals surface area (Å²) in [6.07, 6.45) is 1.24. The second-order valence-electron chi connectivity index (χ2n) is 2.34. The van der Waals surface area contributed by atoms with Gasteiger partial charge in [0.1, 0.15) is 11.3 Å². The molecule has 0 N–H and O–H groups in total. The van der Waals surface area contributed by atoms with Crippen molar-refractivity contribution in [2.24, 2.45) is 0 Å². The molecular formula is C7H11ClNO4PS. The molecule has 0 amide bonds. The summed E-state index contributed by atoms with van der Waals surface area (Å²) in [7, 11) is 0. The molecule has 1 aromatic heterocycles. The maximum atomic E-state index is 5.73. The van der Waals surface area contributed by atoms with Crippen LogP contribution in [0.15, 0.2) is 10.8 Å². The molecule has 0 atom stereocenters. The summed E-state index contributed by atoms with van der Waals surface area (Å²) in [4.78, 5) is 0. The van der Waals surface area contributed by atoms with Crippen LogP contribution in [0.1, 0.15) is 13.8 Å². The maximum absolute atomic E-state index is 5.73. The van der Waals surface area contributed by atoms with Gasteiger partial charge in [0, 0.05) is 11.8 Å². The number of hydrogen-bond donors (Lipinski definition) is 0. The van der Waals surface area contributed by atoms with Crippen molar-refractivity contribution in [1.82, 2.24) is 5.16 Å². The second kappa shape index (κ2) is 5.82. The molecule has 0 aliphatic carbocycles. The molecule has 0 fully saturated rings. The first kappa shape index (κ1) is 12.9. The Bertz CT molecular complexity index is 349. The van der Waals surface area contributed by atoms with Crippen LogP contribution in [0.3, 0.4) is 0 Å². The first-order valence-electron chi connectivity index (χ1n) is 4.30. The Kier molecular flexibility index (Phi) is 5.02. The molecule has 0 aromatic carbocycles. The predicted octanol–water partition coefficient (Wildman–Crippen LogP) is 3.00. The van der Waals surface area contributed by atoms with Crippen LogP contribution in [0.2, 0.25) is 5.02 Å². The number of aromatic nitrogens is 1. The Morgan fingerprint density at radius 3 is 2.47 bits per heavy atom. The zero-order chi connectivity index (χ0) is 11.3. The molecular weight excluding hydrogens is 261 g/mol. The van der Waals surface area contributed by atoms with E-state index >= 15 is 0 Å². The van der Waals surface area contributed by atoms with E-state index in [1.807, 2.05) is 0 Å². The van der Waals surface area contributed by atoms with Gasteiger partial charge in [-0.2, -0.15) is 0 Å². The Morgan fingerprint density at radius 2 is 2.07 bits per heavy atom. The number of rotatable bonds is 6. The van der Waals surface area contributed by atoms with Gasteiger partial charge in [0.15, 0.2) is 0 Å². The lowest BCUT2D eigenvalue weighted by Gasteiger charge is -2.19. The van der Waals surface area contributed by atoms with Crippen molar-refractivity contribution < 1.29 is 18.1 Å². The lowest BCUT2D eigenvalue weighted by Crippen LogP contribution is -2.02. The van der Waals surface area contributed by atoms with Crippen LogP contribution in [0.4, 0.5) is 0 Å². The molecule has 0 saturated heterocycles. The summed E-state index contributed by atoms with van der Waals surface area (Å²) >= 11 is 10.8. The van der Waals surface area contributed by atoms with E-state index in [1.54, 1.807) is 13.8 Å². The van der Waals surface area contributed by atoms with Gasteiger partial charge in [0.2, 0.25) is 0 Å². The minimum atomic E-state index is -2.81. The minimum absolute atomic E-state index is 0.0990. The summed E-state index contributed by atoms with van der Waals surface area (Å²) in [6.45, 7) is 1.58. The summed E-state index contributed by atoms with van der Waals surface area (Å²) in [6, 6.07) is 0. The highest BCUT2D eigenvalue weighted by molar-refractivity contribution is 8.07. The average Bonchev–Trinajstić information content (AvgIpc) is 2.52. The quantitative estimate of drug-likeness (QED) is 0.742. The normalized spacial score (nSPS) is 11.7. The molecule has 86 valence electrons. The Hall–Kier alpha value is -0.130. The zero-order valence-electron chi connectivity index (χ0n) is 8.31. The third-order valence-electron chi connectivity index (χ3n) is 1.27. The van der Waals surface area contributed by atoms with E-state index in [2.05, 4.69) is 9.68 Å². The van der Waals surface area contributed by atoms with Crippen LogP contribution in [0.5, 0.6) is 5.88 Å². The van der Waals surface area contributed by atoms with E-state index in [1.165, 1.54) is 6.26 Å². The predicted molar refractivity (Wildman–Crippen MR) is 59.7 cm³/mol. The Morgan fingerprint density at radius 1 is 1.47 bits per heavy atom. The number of halogens is 1. The molecule has 0 aliphatic heterocycles. The average molecular weight is 272 g/mol.